The number of carbonyl (C=O) groups excluding carboxylic acids is 2. The van der Waals surface area contributed by atoms with Crippen LogP contribution in [0.2, 0.25) is 0 Å². The lowest BCUT2D eigenvalue weighted by Crippen LogP contribution is -2.32. The first-order valence-electron chi connectivity index (χ1n) is 9.87. The highest BCUT2D eigenvalue weighted by Gasteiger charge is 2.51. The molecule has 182 valence electrons. The van der Waals surface area contributed by atoms with Crippen molar-refractivity contribution >= 4 is 115 Å². The molecule has 0 amide bonds. The number of hydrogen-bond acceptors (Lipinski definition) is 7. The van der Waals surface area contributed by atoms with Gasteiger partial charge >= 0.3 is 11.9 Å². The smallest absolute Gasteiger partial charge is 0.340 e. The number of carbonyl (C=O) groups is 2. The Bertz CT molecular complexity index is 1260. The zero-order valence-electron chi connectivity index (χ0n) is 16.9. The Labute approximate surface area is 248 Å². The predicted octanol–water partition coefficient (Wildman–Crippen LogP) is 6.26. The highest BCUT2D eigenvalue weighted by Crippen LogP contribution is 2.50. The zero-order chi connectivity index (χ0) is 24.9. The lowest BCUT2D eigenvalue weighted by Gasteiger charge is -2.27. The Kier molecular flexibility index (Phi) is 8.42. The lowest BCUT2D eigenvalue weighted by molar-refractivity contribution is -0.141. The molecule has 0 aliphatic heterocycles. The van der Waals surface area contributed by atoms with E-state index in [1.807, 2.05) is 0 Å². The maximum atomic E-state index is 12.8. The van der Waals surface area contributed by atoms with Crippen LogP contribution in [0.1, 0.15) is 29.6 Å². The molecule has 7 nitrogen and oxygen atoms in total. The zero-order valence-corrected chi connectivity index (χ0v) is 26.8. The van der Waals surface area contributed by atoms with E-state index in [4.69, 9.17) is 9.47 Å². The van der Waals surface area contributed by atoms with Gasteiger partial charge in [0.2, 0.25) is 0 Å². The lowest BCUT2D eigenvalue weighted by atomic mass is 9.87. The molecule has 13 heteroatoms. The van der Waals surface area contributed by atoms with Crippen LogP contribution >= 0.6 is 93.0 Å². The minimum Gasteiger partial charge on any atom is -0.744 e. The summed E-state index contributed by atoms with van der Waals surface area (Å²) >= 11 is 13.7. The van der Waals surface area contributed by atoms with E-state index in [-0.39, 0.29) is 41.6 Å². The molecule has 2 fully saturated rings. The Hall–Kier alpha value is 0.190. The second-order valence-corrected chi connectivity index (χ2v) is 14.4. The molecule has 4 unspecified atom stereocenters. The van der Waals surface area contributed by atoms with Gasteiger partial charge in [0.25, 0.3) is 0 Å². The SMILES string of the molecule is O=C(OC1CC2CC1CC2C(=O)Oc1cc(I)c(S(=O)(=O)[O-])c(I)c1)c1c(Br)cc(Br)cc1Br. The van der Waals surface area contributed by atoms with Crippen molar-refractivity contribution < 1.29 is 32.0 Å². The van der Waals surface area contributed by atoms with Crippen molar-refractivity contribution in [2.45, 2.75) is 30.3 Å². The number of esters is 2. The summed E-state index contributed by atoms with van der Waals surface area (Å²) in [5.74, 6) is -0.869. The summed E-state index contributed by atoms with van der Waals surface area (Å²) in [6.07, 6.45) is 1.62. The van der Waals surface area contributed by atoms with Crippen LogP contribution < -0.4 is 4.74 Å². The van der Waals surface area contributed by atoms with E-state index in [2.05, 4.69) is 47.8 Å². The maximum Gasteiger partial charge on any atom is 0.340 e. The van der Waals surface area contributed by atoms with Crippen molar-refractivity contribution in [1.29, 1.82) is 0 Å². The molecule has 0 aromatic heterocycles. The highest BCUT2D eigenvalue weighted by atomic mass is 127. The molecule has 2 saturated carbocycles. The third kappa shape index (κ3) is 5.69. The van der Waals surface area contributed by atoms with Crippen molar-refractivity contribution in [3.63, 3.8) is 0 Å². The first kappa shape index (κ1) is 27.2. The molecule has 34 heavy (non-hydrogen) atoms. The summed E-state index contributed by atoms with van der Waals surface area (Å²) in [7, 11) is -4.63. The minimum atomic E-state index is -4.63. The second-order valence-electron chi connectivity index (χ2n) is 8.11. The molecule has 2 aromatic carbocycles. The van der Waals surface area contributed by atoms with Gasteiger partial charge in [0.15, 0.2) is 0 Å². The van der Waals surface area contributed by atoms with Crippen molar-refractivity contribution in [2.24, 2.45) is 17.8 Å². The molecule has 2 aliphatic carbocycles. The van der Waals surface area contributed by atoms with E-state index >= 15 is 0 Å². The second kappa shape index (κ2) is 10.5. The van der Waals surface area contributed by atoms with Gasteiger partial charge in [0, 0.05) is 20.6 Å². The standard InChI is InChI=1S/C21H15Br3I2O7S/c22-10-4-13(23)18(14(24)5-10)21(28)33-17-3-8-1-9(17)2-12(8)20(27)32-11-6-15(25)19(16(26)7-11)34(29,30)31/h4-9,12,17H,1-3H2,(H,29,30,31)/p-1. The van der Waals surface area contributed by atoms with Gasteiger partial charge in [-0.05, 0) is 132 Å². The van der Waals surface area contributed by atoms with Crippen molar-refractivity contribution in [1.82, 2.24) is 0 Å². The van der Waals surface area contributed by atoms with Crippen LogP contribution in [0.15, 0.2) is 42.6 Å². The van der Waals surface area contributed by atoms with E-state index in [1.54, 1.807) is 57.3 Å². The van der Waals surface area contributed by atoms with Gasteiger partial charge in [-0.25, -0.2) is 13.2 Å². The fourth-order valence-corrected chi connectivity index (χ4v) is 11.1. The van der Waals surface area contributed by atoms with Crippen molar-refractivity contribution in [3.8, 4) is 5.75 Å². The molecule has 2 aliphatic rings. The Morgan fingerprint density at radius 3 is 2.03 bits per heavy atom. The van der Waals surface area contributed by atoms with Crippen LogP contribution in [0, 0.1) is 24.9 Å². The van der Waals surface area contributed by atoms with Crippen molar-refractivity contribution in [3.05, 3.63) is 50.4 Å². The molecule has 0 radical (unpaired) electrons. The van der Waals surface area contributed by atoms with Crippen LogP contribution in [0.4, 0.5) is 0 Å². The van der Waals surface area contributed by atoms with Gasteiger partial charge in [-0.15, -0.1) is 0 Å². The molecule has 2 aromatic rings. The fraction of sp³-hybridized carbons (Fsp3) is 0.333. The number of halogens is 5. The molecular formula is C21H14Br3I2O7S-. The van der Waals surface area contributed by atoms with Gasteiger partial charge in [-0.1, -0.05) is 15.9 Å². The topological polar surface area (TPSA) is 110 Å². The average Bonchev–Trinajstić information content (AvgIpc) is 3.25. The van der Waals surface area contributed by atoms with Crippen molar-refractivity contribution in [2.75, 3.05) is 0 Å². The highest BCUT2D eigenvalue weighted by molar-refractivity contribution is 14.1. The molecular weight excluding hydrogens is 890 g/mol. The number of rotatable bonds is 5. The predicted molar refractivity (Wildman–Crippen MR) is 149 cm³/mol. The van der Waals surface area contributed by atoms with E-state index in [0.29, 0.717) is 27.4 Å². The number of benzene rings is 2. The van der Waals surface area contributed by atoms with E-state index in [9.17, 15) is 22.6 Å². The third-order valence-electron chi connectivity index (χ3n) is 6.00. The summed E-state index contributed by atoms with van der Waals surface area (Å²) < 4.78 is 48.1. The number of fused-ring (bicyclic) bond motifs is 2. The van der Waals surface area contributed by atoms with Gasteiger partial charge in [-0.3, -0.25) is 4.79 Å². The molecule has 0 heterocycles. The number of hydrogen-bond donors (Lipinski definition) is 0. The molecule has 0 N–H and O–H groups in total. The normalized spacial score (nSPS) is 23.7. The first-order valence-corrected chi connectivity index (χ1v) is 15.8. The third-order valence-corrected chi connectivity index (χ3v) is 11.1. The summed E-state index contributed by atoms with van der Waals surface area (Å²) in [5, 5.41) is 0. The molecule has 4 atom stereocenters. The summed E-state index contributed by atoms with van der Waals surface area (Å²) in [5.41, 5.74) is 0.412. The molecule has 4 rings (SSSR count). The van der Waals surface area contributed by atoms with Crippen LogP contribution in [0.5, 0.6) is 5.75 Å². The molecule has 0 spiro atoms. The largest absolute Gasteiger partial charge is 0.744 e. The van der Waals surface area contributed by atoms with E-state index < -0.39 is 22.1 Å². The molecule has 2 bridgehead atoms. The maximum absolute atomic E-state index is 12.8. The van der Waals surface area contributed by atoms with E-state index in [0.717, 1.165) is 10.9 Å². The van der Waals surface area contributed by atoms with Crippen LogP contribution in [0.3, 0.4) is 0 Å². The Morgan fingerprint density at radius 2 is 1.53 bits per heavy atom. The van der Waals surface area contributed by atoms with Gasteiger partial charge < -0.3 is 14.0 Å². The van der Waals surface area contributed by atoms with Gasteiger partial charge in [-0.2, -0.15) is 0 Å². The van der Waals surface area contributed by atoms with Crippen LogP contribution in [-0.4, -0.2) is 31.0 Å². The van der Waals surface area contributed by atoms with E-state index in [1.165, 1.54) is 12.1 Å². The summed E-state index contributed by atoms with van der Waals surface area (Å²) in [6, 6.07) is 6.29. The van der Waals surface area contributed by atoms with Crippen LogP contribution in [-0.2, 0) is 19.6 Å². The monoisotopic (exact) mass is 901 g/mol. The molecule has 0 saturated heterocycles. The van der Waals surface area contributed by atoms with Gasteiger partial charge in [0.05, 0.1) is 16.4 Å². The summed E-state index contributed by atoms with van der Waals surface area (Å²) in [4.78, 5) is 25.3. The first-order chi connectivity index (χ1) is 15.8. The summed E-state index contributed by atoms with van der Waals surface area (Å²) in [6.45, 7) is 0. The fourth-order valence-electron chi connectivity index (χ4n) is 4.62. The quantitative estimate of drug-likeness (QED) is 0.151. The van der Waals surface area contributed by atoms with Gasteiger partial charge in [0.1, 0.15) is 22.0 Å². The minimum absolute atomic E-state index is 0.0338. The van der Waals surface area contributed by atoms with Crippen LogP contribution in [0.25, 0.3) is 0 Å². The Morgan fingerprint density at radius 1 is 0.941 bits per heavy atom. The average molecular weight is 904 g/mol. The Balaban J connectivity index is 1.40. The number of ether oxygens (including phenoxy) is 2.